The average Bonchev–Trinajstić information content (AvgIpc) is 3.12. The number of fused-ring (bicyclic) bond motifs is 1. The van der Waals surface area contributed by atoms with Gasteiger partial charge in [0.25, 0.3) is 5.91 Å². The van der Waals surface area contributed by atoms with Crippen molar-refractivity contribution >= 4 is 34.0 Å². The van der Waals surface area contributed by atoms with Crippen molar-refractivity contribution in [3.05, 3.63) is 76.2 Å². The highest BCUT2D eigenvalue weighted by Gasteiger charge is 2.24. The largest absolute Gasteiger partial charge is 0.489 e. The zero-order valence-electron chi connectivity index (χ0n) is 16.4. The average molecular weight is 422 g/mol. The molecule has 6 nitrogen and oxygen atoms in total. The summed E-state index contributed by atoms with van der Waals surface area (Å²) in [5, 5.41) is 6.10. The molecule has 4 N–H and O–H groups in total. The fourth-order valence-electron chi connectivity index (χ4n) is 3.56. The molecular formula is C23H23N3O3S. The van der Waals surface area contributed by atoms with E-state index in [0.717, 1.165) is 41.7 Å². The number of primary amides is 1. The molecule has 0 radical (unpaired) electrons. The van der Waals surface area contributed by atoms with Gasteiger partial charge in [-0.3, -0.25) is 10.1 Å². The van der Waals surface area contributed by atoms with Gasteiger partial charge in [-0.15, -0.1) is 11.3 Å². The Bertz CT molecular complexity index is 1050. The van der Waals surface area contributed by atoms with Crippen LogP contribution in [0.25, 0.3) is 0 Å². The van der Waals surface area contributed by atoms with Crippen molar-refractivity contribution in [2.24, 2.45) is 5.73 Å². The van der Waals surface area contributed by atoms with E-state index in [1.54, 1.807) is 24.3 Å². The molecule has 7 heteroatoms. The van der Waals surface area contributed by atoms with Crippen LogP contribution in [0.15, 0.2) is 54.6 Å². The SMILES string of the molecule is NC(=O)c1c(NC(=O)Nc2ccc(OCc3ccccc3)cc2)sc2c1CCCC2. The Morgan fingerprint density at radius 1 is 0.967 bits per heavy atom. The van der Waals surface area contributed by atoms with E-state index in [0.29, 0.717) is 28.6 Å². The number of aryl methyl sites for hydroxylation is 1. The molecule has 4 rings (SSSR count). The van der Waals surface area contributed by atoms with Crippen molar-refractivity contribution < 1.29 is 14.3 Å². The molecule has 3 aromatic rings. The number of rotatable bonds is 6. The molecule has 0 spiro atoms. The number of amides is 3. The van der Waals surface area contributed by atoms with E-state index in [-0.39, 0.29) is 0 Å². The Labute approximate surface area is 179 Å². The number of nitrogens with one attached hydrogen (secondary N) is 2. The quantitative estimate of drug-likeness (QED) is 0.526. The maximum Gasteiger partial charge on any atom is 0.324 e. The van der Waals surface area contributed by atoms with Gasteiger partial charge in [0, 0.05) is 10.6 Å². The molecule has 0 unspecified atom stereocenters. The van der Waals surface area contributed by atoms with Crippen LogP contribution >= 0.6 is 11.3 Å². The molecule has 0 fully saturated rings. The first kappa shape index (κ1) is 20.0. The third kappa shape index (κ3) is 4.63. The highest BCUT2D eigenvalue weighted by Crippen LogP contribution is 2.37. The van der Waals surface area contributed by atoms with Crippen molar-refractivity contribution in [3.8, 4) is 5.75 Å². The number of ether oxygens (including phenoxy) is 1. The topological polar surface area (TPSA) is 93.5 Å². The van der Waals surface area contributed by atoms with Crippen molar-refractivity contribution in [2.75, 3.05) is 10.6 Å². The number of urea groups is 1. The first-order chi connectivity index (χ1) is 14.6. The predicted octanol–water partition coefficient (Wildman–Crippen LogP) is 4.95. The number of hydrogen-bond acceptors (Lipinski definition) is 4. The summed E-state index contributed by atoms with van der Waals surface area (Å²) in [5.41, 5.74) is 8.74. The van der Waals surface area contributed by atoms with Gasteiger partial charge < -0.3 is 15.8 Å². The second-order valence-electron chi connectivity index (χ2n) is 7.16. The van der Waals surface area contributed by atoms with Crippen molar-refractivity contribution in [1.82, 2.24) is 0 Å². The zero-order chi connectivity index (χ0) is 20.9. The van der Waals surface area contributed by atoms with Crippen molar-refractivity contribution in [2.45, 2.75) is 32.3 Å². The minimum atomic E-state index is -0.496. The summed E-state index contributed by atoms with van der Waals surface area (Å²) < 4.78 is 5.76. The zero-order valence-corrected chi connectivity index (χ0v) is 17.3. The molecule has 3 amide bonds. The molecule has 154 valence electrons. The van der Waals surface area contributed by atoms with Crippen LogP contribution in [0.1, 0.15) is 39.2 Å². The van der Waals surface area contributed by atoms with Crippen LogP contribution < -0.4 is 21.1 Å². The number of thiophene rings is 1. The summed E-state index contributed by atoms with van der Waals surface area (Å²) in [6.45, 7) is 0.479. The maximum absolute atomic E-state index is 12.5. The van der Waals surface area contributed by atoms with Gasteiger partial charge in [0.05, 0.1) is 5.56 Å². The number of anilines is 2. The van der Waals surface area contributed by atoms with Gasteiger partial charge in [-0.05, 0) is 61.1 Å². The third-order valence-electron chi connectivity index (χ3n) is 5.01. The molecule has 0 saturated heterocycles. The van der Waals surface area contributed by atoms with Crippen molar-refractivity contribution in [1.29, 1.82) is 0 Å². The Kier molecular flexibility index (Phi) is 5.99. The van der Waals surface area contributed by atoms with Gasteiger partial charge in [-0.1, -0.05) is 30.3 Å². The van der Waals surface area contributed by atoms with Gasteiger partial charge in [0.2, 0.25) is 0 Å². The fourth-order valence-corrected chi connectivity index (χ4v) is 4.85. The number of benzene rings is 2. The molecule has 2 aromatic carbocycles. The molecular weight excluding hydrogens is 398 g/mol. The third-order valence-corrected chi connectivity index (χ3v) is 6.21. The van der Waals surface area contributed by atoms with Crippen molar-refractivity contribution in [3.63, 3.8) is 0 Å². The number of carbonyl (C=O) groups is 2. The van der Waals surface area contributed by atoms with E-state index in [1.165, 1.54) is 11.3 Å². The van der Waals surface area contributed by atoms with E-state index < -0.39 is 11.9 Å². The van der Waals surface area contributed by atoms with Crippen LogP contribution in [0, 0.1) is 0 Å². The van der Waals surface area contributed by atoms with Crippen LogP contribution in [-0.2, 0) is 19.4 Å². The Morgan fingerprint density at radius 3 is 2.43 bits per heavy atom. The Balaban J connectivity index is 1.37. The first-order valence-electron chi connectivity index (χ1n) is 9.89. The smallest absolute Gasteiger partial charge is 0.324 e. The number of nitrogens with two attached hydrogens (primary N) is 1. The van der Waals surface area contributed by atoms with E-state index in [4.69, 9.17) is 10.5 Å². The van der Waals surface area contributed by atoms with Crippen LogP contribution in [0.4, 0.5) is 15.5 Å². The summed E-state index contributed by atoms with van der Waals surface area (Å²) in [7, 11) is 0. The second kappa shape index (κ2) is 9.00. The minimum absolute atomic E-state index is 0.408. The van der Waals surface area contributed by atoms with E-state index in [2.05, 4.69) is 10.6 Å². The normalized spacial score (nSPS) is 12.7. The lowest BCUT2D eigenvalue weighted by Crippen LogP contribution is -2.22. The summed E-state index contributed by atoms with van der Waals surface area (Å²) >= 11 is 1.44. The van der Waals surface area contributed by atoms with Crippen LogP contribution in [0.5, 0.6) is 5.75 Å². The fraction of sp³-hybridized carbons (Fsp3) is 0.217. The summed E-state index contributed by atoms with van der Waals surface area (Å²) in [6.07, 6.45) is 3.89. The lowest BCUT2D eigenvalue weighted by Gasteiger charge is -2.11. The Morgan fingerprint density at radius 2 is 1.70 bits per heavy atom. The number of hydrogen-bond donors (Lipinski definition) is 3. The van der Waals surface area contributed by atoms with E-state index >= 15 is 0 Å². The lowest BCUT2D eigenvalue weighted by atomic mass is 9.95. The van der Waals surface area contributed by atoms with Crippen LogP contribution in [0.3, 0.4) is 0 Å². The Hall–Kier alpha value is -3.32. The van der Waals surface area contributed by atoms with Crippen LogP contribution in [0.2, 0.25) is 0 Å². The molecule has 30 heavy (non-hydrogen) atoms. The van der Waals surface area contributed by atoms with Gasteiger partial charge in [0.1, 0.15) is 17.4 Å². The highest BCUT2D eigenvalue weighted by atomic mass is 32.1. The molecule has 0 atom stereocenters. The van der Waals surface area contributed by atoms with E-state index in [9.17, 15) is 9.59 Å². The standard InChI is InChI=1S/C23H23N3O3S/c24-21(27)20-18-8-4-5-9-19(18)30-22(20)26-23(28)25-16-10-12-17(13-11-16)29-14-15-6-2-1-3-7-15/h1-3,6-7,10-13H,4-5,8-9,14H2,(H2,24,27)(H2,25,26,28). The molecule has 0 bridgehead atoms. The molecule has 1 aliphatic rings. The molecule has 1 aliphatic carbocycles. The monoisotopic (exact) mass is 421 g/mol. The molecule has 0 saturated carbocycles. The van der Waals surface area contributed by atoms with Gasteiger partial charge >= 0.3 is 6.03 Å². The lowest BCUT2D eigenvalue weighted by molar-refractivity contribution is 0.100. The second-order valence-corrected chi connectivity index (χ2v) is 8.26. The minimum Gasteiger partial charge on any atom is -0.489 e. The number of carbonyl (C=O) groups excluding carboxylic acids is 2. The molecule has 1 heterocycles. The highest BCUT2D eigenvalue weighted by molar-refractivity contribution is 7.17. The molecule has 0 aliphatic heterocycles. The van der Waals surface area contributed by atoms with Gasteiger partial charge in [-0.25, -0.2) is 4.79 Å². The van der Waals surface area contributed by atoms with E-state index in [1.807, 2.05) is 30.3 Å². The maximum atomic E-state index is 12.5. The predicted molar refractivity (Wildman–Crippen MR) is 119 cm³/mol. The van der Waals surface area contributed by atoms with Gasteiger partial charge in [-0.2, -0.15) is 0 Å². The summed E-state index contributed by atoms with van der Waals surface area (Å²) in [6, 6.07) is 16.7. The summed E-state index contributed by atoms with van der Waals surface area (Å²) in [5.74, 6) is 0.219. The molecule has 1 aromatic heterocycles. The summed E-state index contributed by atoms with van der Waals surface area (Å²) in [4.78, 5) is 25.5. The van der Waals surface area contributed by atoms with Gasteiger partial charge in [0.15, 0.2) is 0 Å². The van der Waals surface area contributed by atoms with Crippen LogP contribution in [-0.4, -0.2) is 11.9 Å². The first-order valence-corrected chi connectivity index (χ1v) is 10.7.